The van der Waals surface area contributed by atoms with Gasteiger partial charge in [0.05, 0.1) is 6.04 Å². The number of Topliss-reactive ketones (excluding diaryl/α,β-unsaturated/α-hetero) is 1. The number of ketones is 1. The van der Waals surface area contributed by atoms with Crippen LogP contribution in [-0.2, 0) is 4.79 Å². The first-order valence-electron chi connectivity index (χ1n) is 6.98. The van der Waals surface area contributed by atoms with Crippen molar-refractivity contribution in [3.63, 3.8) is 0 Å². The number of benzene rings is 1. The van der Waals surface area contributed by atoms with Crippen LogP contribution in [0.4, 0.5) is 4.79 Å². The van der Waals surface area contributed by atoms with E-state index in [4.69, 9.17) is 0 Å². The van der Waals surface area contributed by atoms with Crippen LogP contribution in [0, 0.1) is 0 Å². The first-order valence-corrected chi connectivity index (χ1v) is 7.77. The quantitative estimate of drug-likeness (QED) is 0.902. The summed E-state index contributed by atoms with van der Waals surface area (Å²) in [6, 6.07) is 8.19. The summed E-state index contributed by atoms with van der Waals surface area (Å²) in [6.07, 6.45) is 2.81. The molecule has 1 aromatic carbocycles. The molecule has 4 nitrogen and oxygen atoms in total. The van der Waals surface area contributed by atoms with Crippen molar-refractivity contribution in [2.24, 2.45) is 0 Å². The van der Waals surface area contributed by atoms with Gasteiger partial charge in [0.25, 0.3) is 0 Å². The van der Waals surface area contributed by atoms with Crippen molar-refractivity contribution >= 4 is 27.7 Å². The summed E-state index contributed by atoms with van der Waals surface area (Å²) in [7, 11) is 0. The maximum atomic E-state index is 12.2. The van der Waals surface area contributed by atoms with Gasteiger partial charge in [-0.05, 0) is 24.5 Å². The van der Waals surface area contributed by atoms with Crippen molar-refractivity contribution in [1.29, 1.82) is 0 Å². The number of amides is 2. The lowest BCUT2D eigenvalue weighted by molar-refractivity contribution is -0.121. The largest absolute Gasteiger partial charge is 0.329 e. The number of nitrogens with zero attached hydrogens (tertiary/aromatic N) is 1. The summed E-state index contributed by atoms with van der Waals surface area (Å²) >= 11 is 3.54. The van der Waals surface area contributed by atoms with E-state index in [2.05, 4.69) is 21.2 Å². The summed E-state index contributed by atoms with van der Waals surface area (Å²) in [4.78, 5) is 25.4. The fourth-order valence-corrected chi connectivity index (χ4v) is 3.60. The summed E-state index contributed by atoms with van der Waals surface area (Å²) in [5.74, 6) is 0.322. The first-order chi connectivity index (χ1) is 9.65. The van der Waals surface area contributed by atoms with Crippen LogP contribution in [0.3, 0.4) is 0 Å². The number of hydrogen-bond acceptors (Lipinski definition) is 2. The molecule has 1 heterocycles. The standard InChI is InChI=1S/C15H17BrN2O2/c16-13-4-2-1-3-12(13)14-9-18(15(20)17-14)10-5-7-11(19)8-6-10/h1-4,10,14H,5-9H2,(H,17,20). The second kappa shape index (κ2) is 5.56. The normalized spacial score (nSPS) is 24.1. The van der Waals surface area contributed by atoms with E-state index in [1.807, 2.05) is 29.2 Å². The zero-order valence-corrected chi connectivity index (χ0v) is 12.7. The molecule has 1 aromatic rings. The van der Waals surface area contributed by atoms with Crippen LogP contribution < -0.4 is 5.32 Å². The van der Waals surface area contributed by atoms with E-state index in [1.54, 1.807) is 0 Å². The number of carbonyl (C=O) groups excluding carboxylic acids is 2. The summed E-state index contributed by atoms with van der Waals surface area (Å²) in [5, 5.41) is 3.04. The van der Waals surface area contributed by atoms with Gasteiger partial charge in [-0.2, -0.15) is 0 Å². The zero-order chi connectivity index (χ0) is 14.1. The SMILES string of the molecule is O=C1CCC(N2CC(c3ccccc3Br)NC2=O)CC1. The molecule has 1 atom stereocenters. The second-order valence-electron chi connectivity index (χ2n) is 5.45. The topological polar surface area (TPSA) is 49.4 Å². The lowest BCUT2D eigenvalue weighted by Gasteiger charge is -2.29. The van der Waals surface area contributed by atoms with Crippen LogP contribution in [-0.4, -0.2) is 29.3 Å². The highest BCUT2D eigenvalue weighted by atomic mass is 79.9. The molecule has 3 rings (SSSR count). The smallest absolute Gasteiger partial charge is 0.318 e. The van der Waals surface area contributed by atoms with E-state index in [0.717, 1.165) is 22.9 Å². The molecule has 20 heavy (non-hydrogen) atoms. The minimum absolute atomic E-state index is 0.00916. The molecule has 1 saturated heterocycles. The molecule has 1 saturated carbocycles. The minimum Gasteiger partial charge on any atom is -0.329 e. The molecule has 2 amide bonds. The minimum atomic E-state index is -0.00916. The van der Waals surface area contributed by atoms with Gasteiger partial charge >= 0.3 is 6.03 Å². The Labute approximate surface area is 126 Å². The molecule has 106 valence electrons. The van der Waals surface area contributed by atoms with Gasteiger partial charge < -0.3 is 10.2 Å². The fourth-order valence-electron chi connectivity index (χ4n) is 3.04. The Hall–Kier alpha value is -1.36. The Morgan fingerprint density at radius 1 is 1.15 bits per heavy atom. The fraction of sp³-hybridized carbons (Fsp3) is 0.467. The van der Waals surface area contributed by atoms with Crippen molar-refractivity contribution in [3.05, 3.63) is 34.3 Å². The molecule has 5 heteroatoms. The molecule has 0 spiro atoms. The molecule has 1 N–H and O–H groups in total. The van der Waals surface area contributed by atoms with Gasteiger partial charge in [0.1, 0.15) is 5.78 Å². The molecule has 0 bridgehead atoms. The average molecular weight is 337 g/mol. The Morgan fingerprint density at radius 3 is 2.55 bits per heavy atom. The monoisotopic (exact) mass is 336 g/mol. The Morgan fingerprint density at radius 2 is 1.85 bits per heavy atom. The summed E-state index contributed by atoms with van der Waals surface area (Å²) in [5.41, 5.74) is 1.11. The Kier molecular flexibility index (Phi) is 3.78. The maximum absolute atomic E-state index is 12.2. The van der Waals surface area contributed by atoms with Crippen LogP contribution >= 0.6 is 15.9 Å². The molecule has 0 radical (unpaired) electrons. The van der Waals surface area contributed by atoms with Crippen LogP contribution in [0.2, 0.25) is 0 Å². The number of carbonyl (C=O) groups is 2. The predicted molar refractivity (Wildman–Crippen MR) is 79.4 cm³/mol. The molecular formula is C15H17BrN2O2. The van der Waals surface area contributed by atoms with Crippen molar-refractivity contribution in [2.45, 2.75) is 37.8 Å². The Bertz CT molecular complexity index is 536. The van der Waals surface area contributed by atoms with E-state index < -0.39 is 0 Å². The highest BCUT2D eigenvalue weighted by Crippen LogP contribution is 2.30. The highest BCUT2D eigenvalue weighted by molar-refractivity contribution is 9.10. The van der Waals surface area contributed by atoms with Crippen molar-refractivity contribution in [3.8, 4) is 0 Å². The predicted octanol–water partition coefficient (Wildman–Crippen LogP) is 3.03. The molecule has 1 unspecified atom stereocenters. The number of halogens is 1. The van der Waals surface area contributed by atoms with Crippen molar-refractivity contribution in [2.75, 3.05) is 6.54 Å². The molecular weight excluding hydrogens is 320 g/mol. The lowest BCUT2D eigenvalue weighted by atomic mass is 9.93. The lowest BCUT2D eigenvalue weighted by Crippen LogP contribution is -2.40. The zero-order valence-electron chi connectivity index (χ0n) is 11.1. The summed E-state index contributed by atoms with van der Waals surface area (Å²) in [6.45, 7) is 0.681. The van der Waals surface area contributed by atoms with E-state index in [-0.39, 0.29) is 18.1 Å². The third kappa shape index (κ3) is 2.59. The van der Waals surface area contributed by atoms with Gasteiger partial charge in [-0.3, -0.25) is 4.79 Å². The molecule has 2 fully saturated rings. The molecule has 1 aliphatic carbocycles. The second-order valence-corrected chi connectivity index (χ2v) is 6.30. The van der Waals surface area contributed by atoms with Gasteiger partial charge in [-0.1, -0.05) is 34.1 Å². The molecule has 1 aliphatic heterocycles. The Balaban J connectivity index is 1.72. The van der Waals surface area contributed by atoms with Crippen LogP contribution in [0.5, 0.6) is 0 Å². The van der Waals surface area contributed by atoms with Crippen molar-refractivity contribution in [1.82, 2.24) is 10.2 Å². The maximum Gasteiger partial charge on any atom is 0.318 e. The van der Waals surface area contributed by atoms with Gasteiger partial charge in [0, 0.05) is 29.9 Å². The van der Waals surface area contributed by atoms with Crippen LogP contribution in [0.1, 0.15) is 37.3 Å². The van der Waals surface area contributed by atoms with Gasteiger partial charge in [0.2, 0.25) is 0 Å². The van der Waals surface area contributed by atoms with Crippen molar-refractivity contribution < 1.29 is 9.59 Å². The number of rotatable bonds is 2. The third-order valence-electron chi connectivity index (χ3n) is 4.17. The average Bonchev–Trinajstić information content (AvgIpc) is 2.82. The number of nitrogens with one attached hydrogen (secondary N) is 1. The van der Waals surface area contributed by atoms with E-state index >= 15 is 0 Å². The molecule has 2 aliphatic rings. The van der Waals surface area contributed by atoms with E-state index in [0.29, 0.717) is 25.2 Å². The van der Waals surface area contributed by atoms with E-state index in [1.165, 1.54) is 0 Å². The van der Waals surface area contributed by atoms with Crippen LogP contribution in [0.15, 0.2) is 28.7 Å². The first kappa shape index (κ1) is 13.6. The third-order valence-corrected chi connectivity index (χ3v) is 4.89. The van der Waals surface area contributed by atoms with E-state index in [9.17, 15) is 9.59 Å². The van der Waals surface area contributed by atoms with Gasteiger partial charge in [-0.15, -0.1) is 0 Å². The van der Waals surface area contributed by atoms with Gasteiger partial charge in [-0.25, -0.2) is 4.79 Å². The highest BCUT2D eigenvalue weighted by Gasteiger charge is 2.36. The summed E-state index contributed by atoms with van der Waals surface area (Å²) < 4.78 is 1.02. The van der Waals surface area contributed by atoms with Gasteiger partial charge in [0.15, 0.2) is 0 Å². The number of urea groups is 1. The molecule has 0 aromatic heterocycles. The number of hydrogen-bond donors (Lipinski definition) is 1. The van der Waals surface area contributed by atoms with Crippen LogP contribution in [0.25, 0.3) is 0 Å².